The number of nitrogens with zero attached hydrogens (tertiary/aromatic N) is 2. The number of pyridine rings is 1. The third kappa shape index (κ3) is 4.61. The second-order valence-electron chi connectivity index (χ2n) is 9.97. The van der Waals surface area contributed by atoms with Gasteiger partial charge in [0.15, 0.2) is 0 Å². The molecule has 0 spiro atoms. The van der Waals surface area contributed by atoms with Gasteiger partial charge in [0.05, 0.1) is 17.4 Å². The molecule has 9 heteroatoms. The van der Waals surface area contributed by atoms with Gasteiger partial charge in [0.1, 0.15) is 17.5 Å². The van der Waals surface area contributed by atoms with Gasteiger partial charge in [0, 0.05) is 35.3 Å². The van der Waals surface area contributed by atoms with Crippen molar-refractivity contribution >= 4 is 34.4 Å². The van der Waals surface area contributed by atoms with Crippen LogP contribution in [0, 0.1) is 12.7 Å². The number of amides is 2. The van der Waals surface area contributed by atoms with Gasteiger partial charge in [0.2, 0.25) is 5.91 Å². The predicted molar refractivity (Wildman–Crippen MR) is 138 cm³/mol. The maximum atomic E-state index is 14.0. The van der Waals surface area contributed by atoms with Crippen molar-refractivity contribution in [3.8, 4) is 0 Å². The largest absolute Gasteiger partial charge is 0.459 e. The molecular weight excluding hydrogens is 475 g/mol. The molecule has 0 saturated heterocycles. The highest BCUT2D eigenvalue weighted by atomic mass is 19.1. The van der Waals surface area contributed by atoms with E-state index in [9.17, 15) is 18.8 Å². The number of likely N-dealkylation sites (N-methyl/N-ethyl adjacent to an activating group) is 1. The maximum Gasteiger partial charge on any atom is 0.342 e. The van der Waals surface area contributed by atoms with Crippen LogP contribution in [0.1, 0.15) is 61.8 Å². The number of carbonyl (C=O) groups excluding carboxylic acids is 3. The summed E-state index contributed by atoms with van der Waals surface area (Å²) in [5.74, 6) is -2.03. The number of hydrogen-bond acceptors (Lipinski definition) is 5. The van der Waals surface area contributed by atoms with E-state index in [-0.39, 0.29) is 11.1 Å². The summed E-state index contributed by atoms with van der Waals surface area (Å²) in [7, 11) is 0. The fraction of sp³-hybridized carbons (Fsp3) is 0.357. The Hall–Kier alpha value is -4.01. The van der Waals surface area contributed by atoms with Crippen LogP contribution in [0.2, 0.25) is 0 Å². The van der Waals surface area contributed by atoms with Gasteiger partial charge in [-0.2, -0.15) is 0 Å². The van der Waals surface area contributed by atoms with E-state index in [1.807, 2.05) is 19.9 Å². The number of aromatic nitrogens is 2. The Kier molecular flexibility index (Phi) is 6.90. The zero-order valence-electron chi connectivity index (χ0n) is 21.8. The lowest BCUT2D eigenvalue weighted by atomic mass is 9.75. The molecule has 0 bridgehead atoms. The van der Waals surface area contributed by atoms with Crippen LogP contribution in [0.25, 0.3) is 16.6 Å². The molecule has 37 heavy (non-hydrogen) atoms. The summed E-state index contributed by atoms with van der Waals surface area (Å²) in [6, 6.07) is 6.61. The fourth-order valence-corrected chi connectivity index (χ4v) is 4.92. The highest BCUT2D eigenvalue weighted by Gasteiger charge is 2.48. The molecule has 2 N–H and O–H groups in total. The monoisotopic (exact) mass is 506 g/mol. The van der Waals surface area contributed by atoms with Crippen molar-refractivity contribution in [3.05, 3.63) is 70.9 Å². The first kappa shape index (κ1) is 26.1. The molecule has 2 amide bonds. The minimum Gasteiger partial charge on any atom is -0.459 e. The average Bonchev–Trinajstić information content (AvgIpc) is 3.18. The number of esters is 1. The highest BCUT2D eigenvalue weighted by Crippen LogP contribution is 2.43. The molecule has 3 heterocycles. The molecule has 0 saturated carbocycles. The fourth-order valence-electron chi connectivity index (χ4n) is 4.92. The molecule has 1 aromatic carbocycles. The number of aryl methyl sites for hydroxylation is 1. The Bertz CT molecular complexity index is 1420. The van der Waals surface area contributed by atoms with Crippen molar-refractivity contribution < 1.29 is 23.5 Å². The molecule has 4 rings (SSSR count). The SMILES string of the molecule is CCNC(=O)C1N(C(=O)c2ccc(F)c(C)c2)C=C(C(=O)OC(C)C)c2[nH]c3ncccc3c2C1(C)C. The van der Waals surface area contributed by atoms with Crippen molar-refractivity contribution in [2.24, 2.45) is 0 Å². The number of aromatic amines is 1. The van der Waals surface area contributed by atoms with Crippen LogP contribution in [0.5, 0.6) is 0 Å². The Morgan fingerprint density at radius 3 is 2.62 bits per heavy atom. The summed E-state index contributed by atoms with van der Waals surface area (Å²) in [4.78, 5) is 49.9. The molecule has 0 fully saturated rings. The minimum absolute atomic E-state index is 0.0914. The van der Waals surface area contributed by atoms with Gasteiger partial charge in [-0.15, -0.1) is 0 Å². The zero-order valence-corrected chi connectivity index (χ0v) is 21.8. The number of fused-ring (bicyclic) bond motifs is 3. The van der Waals surface area contributed by atoms with Crippen LogP contribution in [-0.2, 0) is 19.7 Å². The number of carbonyl (C=O) groups is 3. The lowest BCUT2D eigenvalue weighted by Crippen LogP contribution is -2.56. The van der Waals surface area contributed by atoms with E-state index in [1.54, 1.807) is 40.0 Å². The normalized spacial score (nSPS) is 16.7. The maximum absolute atomic E-state index is 14.0. The van der Waals surface area contributed by atoms with E-state index >= 15 is 0 Å². The second-order valence-corrected chi connectivity index (χ2v) is 9.97. The molecule has 2 aromatic heterocycles. The first-order valence-corrected chi connectivity index (χ1v) is 12.2. The summed E-state index contributed by atoms with van der Waals surface area (Å²) in [5.41, 5.74) is 1.24. The molecule has 0 radical (unpaired) electrons. The number of benzene rings is 1. The lowest BCUT2D eigenvalue weighted by molar-refractivity contribution is -0.140. The summed E-state index contributed by atoms with van der Waals surface area (Å²) >= 11 is 0. The van der Waals surface area contributed by atoms with Gasteiger partial charge >= 0.3 is 5.97 Å². The minimum atomic E-state index is -1.05. The van der Waals surface area contributed by atoms with E-state index in [1.165, 1.54) is 29.3 Å². The third-order valence-electron chi connectivity index (χ3n) is 6.52. The van der Waals surface area contributed by atoms with Crippen LogP contribution < -0.4 is 5.32 Å². The molecule has 194 valence electrons. The van der Waals surface area contributed by atoms with E-state index in [0.29, 0.717) is 29.0 Å². The number of ether oxygens (including phenoxy) is 1. The first-order valence-electron chi connectivity index (χ1n) is 12.2. The Balaban J connectivity index is 2.03. The van der Waals surface area contributed by atoms with Crippen LogP contribution in [0.4, 0.5) is 4.39 Å². The quantitative estimate of drug-likeness (QED) is 0.504. The summed E-state index contributed by atoms with van der Waals surface area (Å²) in [6.45, 7) is 10.9. The number of rotatable bonds is 5. The second kappa shape index (κ2) is 9.80. The van der Waals surface area contributed by atoms with Crippen LogP contribution in [0.3, 0.4) is 0 Å². The van der Waals surface area contributed by atoms with Crippen LogP contribution >= 0.6 is 0 Å². The standard InChI is InChI=1S/C28H31FN4O4/c1-7-30-25(34)23-28(5,6)21-18-9-8-12-31-24(18)32-22(21)19(27(36)37-15(2)3)14-33(23)26(35)17-10-11-20(29)16(4)13-17/h8-15,23H,7H2,1-6H3,(H,30,34)(H,31,32). The van der Waals surface area contributed by atoms with E-state index in [0.717, 1.165) is 5.39 Å². The van der Waals surface area contributed by atoms with Gasteiger partial charge in [-0.25, -0.2) is 14.2 Å². The van der Waals surface area contributed by atoms with Gasteiger partial charge in [-0.1, -0.05) is 13.8 Å². The van der Waals surface area contributed by atoms with Gasteiger partial charge < -0.3 is 19.9 Å². The molecule has 1 unspecified atom stereocenters. The van der Waals surface area contributed by atoms with Crippen LogP contribution in [0.15, 0.2) is 42.7 Å². The van der Waals surface area contributed by atoms with Crippen molar-refractivity contribution in [2.75, 3.05) is 6.54 Å². The highest BCUT2D eigenvalue weighted by molar-refractivity contribution is 6.19. The van der Waals surface area contributed by atoms with Crippen molar-refractivity contribution in [1.82, 2.24) is 20.2 Å². The number of hydrogen-bond donors (Lipinski definition) is 2. The van der Waals surface area contributed by atoms with E-state index in [4.69, 9.17) is 4.74 Å². The number of H-pyrrole nitrogens is 1. The summed E-state index contributed by atoms with van der Waals surface area (Å²) in [6.07, 6.45) is 2.59. The number of nitrogens with one attached hydrogen (secondary N) is 2. The van der Waals surface area contributed by atoms with Crippen LogP contribution in [-0.4, -0.2) is 51.3 Å². The van der Waals surface area contributed by atoms with Gasteiger partial charge in [-0.05, 0) is 69.2 Å². The lowest BCUT2D eigenvalue weighted by Gasteiger charge is -2.38. The smallest absolute Gasteiger partial charge is 0.342 e. The average molecular weight is 507 g/mol. The van der Waals surface area contributed by atoms with Crippen molar-refractivity contribution in [2.45, 2.75) is 59.1 Å². The molecule has 1 aliphatic rings. The van der Waals surface area contributed by atoms with Crippen molar-refractivity contribution in [3.63, 3.8) is 0 Å². The molecule has 1 atom stereocenters. The Labute approximate surface area is 214 Å². The molecule has 1 aliphatic heterocycles. The van der Waals surface area contributed by atoms with Gasteiger partial charge in [-0.3, -0.25) is 9.59 Å². The molecule has 8 nitrogen and oxygen atoms in total. The van der Waals surface area contributed by atoms with Crippen molar-refractivity contribution in [1.29, 1.82) is 0 Å². The Morgan fingerprint density at radius 1 is 1.24 bits per heavy atom. The number of halogens is 1. The topological polar surface area (TPSA) is 104 Å². The molecular formula is C28H31FN4O4. The van der Waals surface area contributed by atoms with E-state index < -0.39 is 41.2 Å². The predicted octanol–water partition coefficient (Wildman–Crippen LogP) is 4.24. The van der Waals surface area contributed by atoms with E-state index in [2.05, 4.69) is 15.3 Å². The van der Waals surface area contributed by atoms with Gasteiger partial charge in [0.25, 0.3) is 5.91 Å². The third-order valence-corrected chi connectivity index (χ3v) is 6.52. The first-order chi connectivity index (χ1) is 17.5. The molecule has 3 aromatic rings. The zero-order chi connectivity index (χ0) is 27.1. The molecule has 0 aliphatic carbocycles. The summed E-state index contributed by atoms with van der Waals surface area (Å²) < 4.78 is 19.5. The Morgan fingerprint density at radius 2 is 1.97 bits per heavy atom. The summed E-state index contributed by atoms with van der Waals surface area (Å²) in [5, 5.41) is 3.57.